The van der Waals surface area contributed by atoms with Gasteiger partial charge in [-0.05, 0) is 43.2 Å². The molecule has 0 radical (unpaired) electrons. The number of hydrogen-bond donors (Lipinski definition) is 1. The SMILES string of the molecule is CCCN(CC(=O)Nc1ccccc1OC)S(=O)(=O)c1cc(F)ccc1C. The van der Waals surface area contributed by atoms with Crippen molar-refractivity contribution in [2.45, 2.75) is 25.2 Å². The van der Waals surface area contributed by atoms with Crippen molar-refractivity contribution >= 4 is 21.6 Å². The molecule has 0 saturated heterocycles. The van der Waals surface area contributed by atoms with Gasteiger partial charge in [0.1, 0.15) is 11.6 Å². The van der Waals surface area contributed by atoms with Crippen LogP contribution in [-0.4, -0.2) is 38.8 Å². The van der Waals surface area contributed by atoms with Gasteiger partial charge in [-0.3, -0.25) is 4.79 Å². The molecule has 0 fully saturated rings. The lowest BCUT2D eigenvalue weighted by Crippen LogP contribution is -2.38. The second-order valence-electron chi connectivity index (χ2n) is 6.00. The summed E-state index contributed by atoms with van der Waals surface area (Å²) >= 11 is 0. The number of rotatable bonds is 8. The van der Waals surface area contributed by atoms with Gasteiger partial charge in [0.05, 0.1) is 24.2 Å². The number of sulfonamides is 1. The van der Waals surface area contributed by atoms with Crippen molar-refractivity contribution < 1.29 is 22.3 Å². The van der Waals surface area contributed by atoms with E-state index in [4.69, 9.17) is 4.74 Å². The van der Waals surface area contributed by atoms with E-state index >= 15 is 0 Å². The van der Waals surface area contributed by atoms with Crippen LogP contribution in [0.2, 0.25) is 0 Å². The maximum atomic E-state index is 13.6. The third-order valence-corrected chi connectivity index (χ3v) is 5.93. The van der Waals surface area contributed by atoms with Gasteiger partial charge in [0, 0.05) is 6.54 Å². The van der Waals surface area contributed by atoms with Gasteiger partial charge in [-0.25, -0.2) is 12.8 Å². The van der Waals surface area contributed by atoms with Gasteiger partial charge in [-0.15, -0.1) is 0 Å². The van der Waals surface area contributed by atoms with Crippen molar-refractivity contribution in [1.29, 1.82) is 0 Å². The summed E-state index contributed by atoms with van der Waals surface area (Å²) in [5.41, 5.74) is 0.864. The minimum absolute atomic E-state index is 0.137. The average Bonchev–Trinajstić information content (AvgIpc) is 2.63. The first-order chi connectivity index (χ1) is 12.8. The number of anilines is 1. The summed E-state index contributed by atoms with van der Waals surface area (Å²) < 4.78 is 45.7. The number of benzene rings is 2. The second kappa shape index (κ2) is 8.96. The highest BCUT2D eigenvalue weighted by Crippen LogP contribution is 2.24. The highest BCUT2D eigenvalue weighted by molar-refractivity contribution is 7.89. The van der Waals surface area contributed by atoms with Crippen LogP contribution in [0.1, 0.15) is 18.9 Å². The van der Waals surface area contributed by atoms with Crippen LogP contribution in [0.5, 0.6) is 5.75 Å². The third kappa shape index (κ3) is 5.05. The molecule has 2 rings (SSSR count). The fourth-order valence-corrected chi connectivity index (χ4v) is 4.35. The number of nitrogens with one attached hydrogen (secondary N) is 1. The van der Waals surface area contributed by atoms with Gasteiger partial charge in [0.15, 0.2) is 0 Å². The van der Waals surface area contributed by atoms with Crippen LogP contribution >= 0.6 is 0 Å². The molecule has 1 amide bonds. The summed E-state index contributed by atoms with van der Waals surface area (Å²) in [5, 5.41) is 2.66. The predicted octanol–water partition coefficient (Wildman–Crippen LogP) is 3.18. The monoisotopic (exact) mass is 394 g/mol. The summed E-state index contributed by atoms with van der Waals surface area (Å²) in [6.45, 7) is 3.15. The van der Waals surface area contributed by atoms with Crippen LogP contribution in [0.25, 0.3) is 0 Å². The lowest BCUT2D eigenvalue weighted by atomic mass is 10.2. The molecule has 0 aliphatic carbocycles. The van der Waals surface area contributed by atoms with Gasteiger partial charge >= 0.3 is 0 Å². The van der Waals surface area contributed by atoms with Crippen LogP contribution < -0.4 is 10.1 Å². The molecule has 8 heteroatoms. The number of carbonyl (C=O) groups is 1. The van der Waals surface area contributed by atoms with Gasteiger partial charge in [0.2, 0.25) is 15.9 Å². The topological polar surface area (TPSA) is 75.7 Å². The third-order valence-electron chi connectivity index (χ3n) is 3.94. The molecule has 6 nitrogen and oxygen atoms in total. The van der Waals surface area contributed by atoms with Crippen molar-refractivity contribution in [2.75, 3.05) is 25.5 Å². The number of carbonyl (C=O) groups excluding carboxylic acids is 1. The molecule has 1 N–H and O–H groups in total. The quantitative estimate of drug-likeness (QED) is 0.746. The zero-order valence-corrected chi connectivity index (χ0v) is 16.3. The van der Waals surface area contributed by atoms with Gasteiger partial charge in [-0.1, -0.05) is 25.1 Å². The van der Waals surface area contributed by atoms with E-state index in [2.05, 4.69) is 5.32 Å². The molecule has 0 heterocycles. The Morgan fingerprint density at radius 3 is 2.59 bits per heavy atom. The van der Waals surface area contributed by atoms with Crippen LogP contribution in [0.4, 0.5) is 10.1 Å². The Morgan fingerprint density at radius 1 is 1.22 bits per heavy atom. The van der Waals surface area contributed by atoms with E-state index in [0.717, 1.165) is 10.4 Å². The van der Waals surface area contributed by atoms with Crippen molar-refractivity contribution in [3.63, 3.8) is 0 Å². The molecule has 0 spiro atoms. The molecule has 0 bridgehead atoms. The summed E-state index contributed by atoms with van der Waals surface area (Å²) in [6.07, 6.45) is 0.509. The molecule has 0 aliphatic heterocycles. The smallest absolute Gasteiger partial charge is 0.243 e. The van der Waals surface area contributed by atoms with Crippen LogP contribution in [0.15, 0.2) is 47.4 Å². The molecule has 0 aromatic heterocycles. The summed E-state index contributed by atoms with van der Waals surface area (Å²) in [5.74, 6) is -0.684. The van der Waals surface area contributed by atoms with E-state index in [1.54, 1.807) is 38.1 Å². The lowest BCUT2D eigenvalue weighted by Gasteiger charge is -2.22. The first kappa shape index (κ1) is 20.9. The maximum absolute atomic E-state index is 13.6. The van der Waals surface area contributed by atoms with Crippen LogP contribution in [0, 0.1) is 12.7 Å². The summed E-state index contributed by atoms with van der Waals surface area (Å²) in [6, 6.07) is 10.4. The standard InChI is InChI=1S/C19H23FN2O4S/c1-4-11-22(27(24,25)18-12-15(20)10-9-14(18)2)13-19(23)21-16-7-5-6-8-17(16)26-3/h5-10,12H,4,11,13H2,1-3H3,(H,21,23). The van der Waals surface area contributed by atoms with Crippen molar-refractivity contribution in [3.8, 4) is 5.75 Å². The molecule has 0 aliphatic rings. The zero-order chi connectivity index (χ0) is 20.0. The number of ether oxygens (including phenoxy) is 1. The lowest BCUT2D eigenvalue weighted by molar-refractivity contribution is -0.116. The molecule has 0 atom stereocenters. The molecule has 2 aromatic carbocycles. The summed E-state index contributed by atoms with van der Waals surface area (Å²) in [7, 11) is -2.54. The molecule has 146 valence electrons. The fraction of sp³-hybridized carbons (Fsp3) is 0.316. The molecule has 0 unspecified atom stereocenters. The number of amides is 1. The van der Waals surface area contributed by atoms with Crippen molar-refractivity contribution in [3.05, 3.63) is 53.8 Å². The number of para-hydroxylation sites is 2. The molecule has 27 heavy (non-hydrogen) atoms. The Labute approximate surface area is 159 Å². The minimum Gasteiger partial charge on any atom is -0.495 e. The van der Waals surface area contributed by atoms with E-state index in [-0.39, 0.29) is 18.0 Å². The van der Waals surface area contributed by atoms with Gasteiger partial charge in [-0.2, -0.15) is 4.31 Å². The fourth-order valence-electron chi connectivity index (χ4n) is 2.62. The number of methoxy groups -OCH3 is 1. The Balaban J connectivity index is 2.26. The first-order valence-electron chi connectivity index (χ1n) is 8.48. The Kier molecular flexibility index (Phi) is 6.92. The highest BCUT2D eigenvalue weighted by atomic mass is 32.2. The summed E-state index contributed by atoms with van der Waals surface area (Å²) in [4.78, 5) is 12.3. The molecule has 2 aromatic rings. The predicted molar refractivity (Wildman–Crippen MR) is 102 cm³/mol. The van der Waals surface area contributed by atoms with Gasteiger partial charge < -0.3 is 10.1 Å². The number of halogens is 1. The van der Waals surface area contributed by atoms with Crippen molar-refractivity contribution in [2.24, 2.45) is 0 Å². The first-order valence-corrected chi connectivity index (χ1v) is 9.92. The van der Waals surface area contributed by atoms with E-state index in [9.17, 15) is 17.6 Å². The Hall–Kier alpha value is -2.45. The van der Waals surface area contributed by atoms with E-state index in [1.807, 2.05) is 0 Å². The highest BCUT2D eigenvalue weighted by Gasteiger charge is 2.28. The van der Waals surface area contributed by atoms with E-state index < -0.39 is 21.7 Å². The van der Waals surface area contributed by atoms with Crippen LogP contribution in [0.3, 0.4) is 0 Å². The molecular weight excluding hydrogens is 371 g/mol. The molecular formula is C19H23FN2O4S. The Bertz CT molecular complexity index is 916. The van der Waals surface area contributed by atoms with E-state index in [0.29, 0.717) is 23.4 Å². The number of hydrogen-bond acceptors (Lipinski definition) is 4. The maximum Gasteiger partial charge on any atom is 0.243 e. The number of nitrogens with zero attached hydrogens (tertiary/aromatic N) is 1. The zero-order valence-electron chi connectivity index (χ0n) is 15.5. The minimum atomic E-state index is -4.02. The Morgan fingerprint density at radius 2 is 1.93 bits per heavy atom. The second-order valence-corrected chi connectivity index (χ2v) is 7.90. The number of aryl methyl sites for hydroxylation is 1. The van der Waals surface area contributed by atoms with Gasteiger partial charge in [0.25, 0.3) is 0 Å². The van der Waals surface area contributed by atoms with Crippen LogP contribution in [-0.2, 0) is 14.8 Å². The average molecular weight is 394 g/mol. The molecule has 0 saturated carbocycles. The van der Waals surface area contributed by atoms with E-state index in [1.165, 1.54) is 19.2 Å². The largest absolute Gasteiger partial charge is 0.495 e. The normalized spacial score (nSPS) is 11.4. The van der Waals surface area contributed by atoms with Crippen molar-refractivity contribution in [1.82, 2.24) is 4.31 Å².